The van der Waals surface area contributed by atoms with E-state index in [2.05, 4.69) is 10.1 Å². The van der Waals surface area contributed by atoms with Crippen LogP contribution in [0.2, 0.25) is 0 Å². The lowest BCUT2D eigenvalue weighted by Crippen LogP contribution is -2.41. The van der Waals surface area contributed by atoms with Crippen molar-refractivity contribution in [3.63, 3.8) is 0 Å². The predicted octanol–water partition coefficient (Wildman–Crippen LogP) is 2.32. The lowest BCUT2D eigenvalue weighted by Gasteiger charge is -2.32. The summed E-state index contributed by atoms with van der Waals surface area (Å²) in [5.74, 6) is -0.280. The first-order chi connectivity index (χ1) is 12.1. The Balaban J connectivity index is 0.00000117. The highest BCUT2D eigenvalue weighted by atomic mass is 16.7. The molecule has 2 aromatic rings. The molecule has 0 atom stereocenters. The van der Waals surface area contributed by atoms with Crippen molar-refractivity contribution in [3.8, 4) is 11.5 Å². The fourth-order valence-corrected chi connectivity index (χ4v) is 2.56. The Labute approximate surface area is 154 Å². The van der Waals surface area contributed by atoms with Crippen LogP contribution in [0.4, 0.5) is 0 Å². The smallest absolute Gasteiger partial charge is 0.399 e. The molecule has 1 fully saturated rings. The maximum Gasteiger partial charge on any atom is 0.496 e. The van der Waals surface area contributed by atoms with Gasteiger partial charge in [0.1, 0.15) is 0 Å². The highest BCUT2D eigenvalue weighted by Crippen LogP contribution is 2.36. The van der Waals surface area contributed by atoms with Crippen molar-refractivity contribution in [2.75, 3.05) is 0 Å². The average molecular weight is 361 g/mol. The molecule has 7 nitrogen and oxygen atoms in total. The van der Waals surface area contributed by atoms with E-state index in [1.54, 1.807) is 6.20 Å². The van der Waals surface area contributed by atoms with Gasteiger partial charge < -0.3 is 13.7 Å². The standard InChI is InChI=1S/C16H22BN3O4.C2H6/c1-7-12-11(17-23-15(2,3)16(4,5)24-17)8-10(9-18-12)13-19-20(6)14(21)22-13;1-2/h8-9H,7H2,1-6H3;1-2H3. The number of aromatic nitrogens is 3. The monoisotopic (exact) mass is 361 g/mol. The van der Waals surface area contributed by atoms with Crippen LogP contribution in [0.25, 0.3) is 11.5 Å². The summed E-state index contributed by atoms with van der Waals surface area (Å²) in [6.45, 7) is 14.1. The van der Waals surface area contributed by atoms with Crippen molar-refractivity contribution in [2.45, 2.75) is 66.1 Å². The zero-order valence-corrected chi connectivity index (χ0v) is 16.9. The summed E-state index contributed by atoms with van der Waals surface area (Å²) < 4.78 is 18.6. The van der Waals surface area contributed by atoms with Gasteiger partial charge in [0, 0.05) is 24.4 Å². The van der Waals surface area contributed by atoms with Crippen LogP contribution in [0.15, 0.2) is 21.5 Å². The van der Waals surface area contributed by atoms with E-state index in [4.69, 9.17) is 13.7 Å². The Kier molecular flexibility index (Phi) is 5.77. The zero-order valence-electron chi connectivity index (χ0n) is 16.9. The van der Waals surface area contributed by atoms with E-state index in [1.807, 2.05) is 54.5 Å². The maximum atomic E-state index is 11.5. The zero-order chi connectivity index (χ0) is 19.7. The van der Waals surface area contributed by atoms with Crippen LogP contribution in [-0.4, -0.2) is 33.1 Å². The normalized spacial score (nSPS) is 17.8. The fraction of sp³-hybridized carbons (Fsp3) is 0.611. The van der Waals surface area contributed by atoms with Gasteiger partial charge in [0.15, 0.2) is 0 Å². The molecule has 2 aromatic heterocycles. The lowest BCUT2D eigenvalue weighted by molar-refractivity contribution is 0.00578. The van der Waals surface area contributed by atoms with E-state index in [0.29, 0.717) is 5.56 Å². The molecular formula is C18H28BN3O4. The quantitative estimate of drug-likeness (QED) is 0.781. The van der Waals surface area contributed by atoms with Crippen LogP contribution in [0, 0.1) is 0 Å². The minimum absolute atomic E-state index is 0.232. The molecule has 0 N–H and O–H groups in total. The van der Waals surface area contributed by atoms with Gasteiger partial charge in [-0.15, -0.1) is 5.10 Å². The number of aryl methyl sites for hydroxylation is 2. The molecule has 0 spiro atoms. The first kappa shape index (κ1) is 20.4. The summed E-state index contributed by atoms with van der Waals surface area (Å²) in [5, 5.41) is 4.08. The van der Waals surface area contributed by atoms with Crippen LogP contribution in [0.5, 0.6) is 0 Å². The molecule has 8 heteroatoms. The Hall–Kier alpha value is -1.93. The van der Waals surface area contributed by atoms with Crippen LogP contribution in [-0.2, 0) is 22.8 Å². The van der Waals surface area contributed by atoms with Gasteiger partial charge in [0.2, 0.25) is 0 Å². The van der Waals surface area contributed by atoms with Gasteiger partial charge in [0.05, 0.1) is 16.8 Å². The van der Waals surface area contributed by atoms with E-state index in [-0.39, 0.29) is 5.89 Å². The van der Waals surface area contributed by atoms with Gasteiger partial charge in [-0.05, 0) is 40.2 Å². The van der Waals surface area contributed by atoms with Crippen molar-refractivity contribution in [1.82, 2.24) is 14.8 Å². The molecule has 0 aliphatic carbocycles. The van der Waals surface area contributed by atoms with Crippen LogP contribution >= 0.6 is 0 Å². The molecule has 0 amide bonds. The molecule has 26 heavy (non-hydrogen) atoms. The summed E-state index contributed by atoms with van der Waals surface area (Å²) >= 11 is 0. The van der Waals surface area contributed by atoms with Gasteiger partial charge >= 0.3 is 12.9 Å². The molecule has 0 saturated carbocycles. The number of hydrogen-bond acceptors (Lipinski definition) is 6. The summed E-state index contributed by atoms with van der Waals surface area (Å²) in [6.07, 6.45) is 2.39. The SMILES string of the molecule is CC.CCc1ncc(-c2nn(C)c(=O)o2)cc1B1OC(C)(C)C(C)(C)O1. The molecule has 0 unspecified atom stereocenters. The van der Waals surface area contributed by atoms with Gasteiger partial charge in [-0.25, -0.2) is 4.79 Å². The molecule has 0 radical (unpaired) electrons. The minimum atomic E-state index is -0.521. The van der Waals surface area contributed by atoms with E-state index in [9.17, 15) is 4.79 Å². The highest BCUT2D eigenvalue weighted by Gasteiger charge is 2.52. The molecule has 1 aliphatic rings. The molecule has 0 bridgehead atoms. The average Bonchev–Trinajstić information content (AvgIpc) is 3.04. The topological polar surface area (TPSA) is 79.4 Å². The van der Waals surface area contributed by atoms with Crippen molar-refractivity contribution in [2.24, 2.45) is 7.05 Å². The van der Waals surface area contributed by atoms with Crippen LogP contribution < -0.4 is 11.2 Å². The number of hydrogen-bond donors (Lipinski definition) is 0. The lowest BCUT2D eigenvalue weighted by atomic mass is 9.76. The third kappa shape index (κ3) is 3.62. The fourth-order valence-electron chi connectivity index (χ4n) is 2.56. The second-order valence-electron chi connectivity index (χ2n) is 7.00. The molecular weight excluding hydrogens is 333 g/mol. The number of nitrogens with zero attached hydrogens (tertiary/aromatic N) is 3. The Bertz CT molecular complexity index is 810. The first-order valence-electron chi connectivity index (χ1n) is 9.03. The second kappa shape index (κ2) is 7.36. The van der Waals surface area contributed by atoms with Crippen molar-refractivity contribution in [1.29, 1.82) is 0 Å². The van der Waals surface area contributed by atoms with Gasteiger partial charge in [-0.2, -0.15) is 4.68 Å². The van der Waals surface area contributed by atoms with Crippen LogP contribution in [0.3, 0.4) is 0 Å². The van der Waals surface area contributed by atoms with Gasteiger partial charge in [-0.3, -0.25) is 4.98 Å². The van der Waals surface area contributed by atoms with Crippen molar-refractivity contribution >= 4 is 12.6 Å². The summed E-state index contributed by atoms with van der Waals surface area (Å²) in [5.41, 5.74) is 1.47. The summed E-state index contributed by atoms with van der Waals surface area (Å²) in [6, 6.07) is 1.87. The molecule has 1 aliphatic heterocycles. The summed E-state index contributed by atoms with van der Waals surface area (Å²) in [7, 11) is 1.02. The van der Waals surface area contributed by atoms with Crippen LogP contribution in [0.1, 0.15) is 54.2 Å². The molecule has 1 saturated heterocycles. The maximum absolute atomic E-state index is 11.5. The minimum Gasteiger partial charge on any atom is -0.399 e. The van der Waals surface area contributed by atoms with Crippen molar-refractivity contribution < 1.29 is 13.7 Å². The van der Waals surface area contributed by atoms with Gasteiger partial charge in [-0.1, -0.05) is 20.8 Å². The highest BCUT2D eigenvalue weighted by molar-refractivity contribution is 6.62. The molecule has 142 valence electrons. The number of rotatable bonds is 3. The molecule has 3 rings (SSSR count). The van der Waals surface area contributed by atoms with E-state index < -0.39 is 24.1 Å². The third-order valence-electron chi connectivity index (χ3n) is 4.78. The first-order valence-corrected chi connectivity index (χ1v) is 9.03. The summed E-state index contributed by atoms with van der Waals surface area (Å²) in [4.78, 5) is 16.0. The molecule has 0 aromatic carbocycles. The number of pyridine rings is 1. The Morgan fingerprint density at radius 3 is 2.19 bits per heavy atom. The van der Waals surface area contributed by atoms with E-state index >= 15 is 0 Å². The molecule has 3 heterocycles. The third-order valence-corrected chi connectivity index (χ3v) is 4.78. The van der Waals surface area contributed by atoms with Crippen molar-refractivity contribution in [3.05, 3.63) is 28.5 Å². The van der Waals surface area contributed by atoms with E-state index in [0.717, 1.165) is 22.3 Å². The van der Waals surface area contributed by atoms with Gasteiger partial charge in [0.25, 0.3) is 5.89 Å². The Morgan fingerprint density at radius 1 is 1.15 bits per heavy atom. The second-order valence-corrected chi connectivity index (χ2v) is 7.00. The van der Waals surface area contributed by atoms with E-state index in [1.165, 1.54) is 7.05 Å². The Morgan fingerprint density at radius 2 is 1.73 bits per heavy atom. The largest absolute Gasteiger partial charge is 0.496 e. The predicted molar refractivity (Wildman–Crippen MR) is 101 cm³/mol.